The Kier molecular flexibility index (Phi) is 3.49. The molecular weight excluding hydrogens is 297 g/mol. The molecule has 2 N–H and O–H groups in total. The lowest BCUT2D eigenvalue weighted by Gasteiger charge is -2.45. The third-order valence-electron chi connectivity index (χ3n) is 4.05. The molecule has 112 valence electrons. The number of hydrogen-bond acceptors (Lipinski definition) is 3. The summed E-state index contributed by atoms with van der Waals surface area (Å²) in [6.45, 7) is 1.01. The van der Waals surface area contributed by atoms with Gasteiger partial charge in [0.15, 0.2) is 0 Å². The summed E-state index contributed by atoms with van der Waals surface area (Å²) in [6.07, 6.45) is 1.11. The second-order valence-corrected chi connectivity index (χ2v) is 5.61. The van der Waals surface area contributed by atoms with Gasteiger partial charge in [-0.3, -0.25) is 9.59 Å². The SMILES string of the molecule is O=C1NC2(CCN(C(=O)CCl)CC2)Nc2cccc(F)c21. The van der Waals surface area contributed by atoms with Crippen molar-refractivity contribution in [3.8, 4) is 0 Å². The van der Waals surface area contributed by atoms with Gasteiger partial charge in [-0.1, -0.05) is 6.07 Å². The molecule has 0 radical (unpaired) electrons. The van der Waals surface area contributed by atoms with E-state index in [1.807, 2.05) is 0 Å². The molecule has 1 aromatic carbocycles. The van der Waals surface area contributed by atoms with Gasteiger partial charge in [-0.2, -0.15) is 0 Å². The van der Waals surface area contributed by atoms with Crippen molar-refractivity contribution in [3.63, 3.8) is 0 Å². The number of carbonyl (C=O) groups is 2. The van der Waals surface area contributed by atoms with Crippen LogP contribution in [0.25, 0.3) is 0 Å². The number of rotatable bonds is 1. The lowest BCUT2D eigenvalue weighted by Crippen LogP contribution is -2.63. The van der Waals surface area contributed by atoms with Crippen LogP contribution >= 0.6 is 11.6 Å². The Hall–Kier alpha value is -1.82. The van der Waals surface area contributed by atoms with E-state index in [1.165, 1.54) is 6.07 Å². The summed E-state index contributed by atoms with van der Waals surface area (Å²) in [4.78, 5) is 25.4. The van der Waals surface area contributed by atoms with Crippen molar-refractivity contribution in [2.75, 3.05) is 24.3 Å². The minimum absolute atomic E-state index is 0.0408. The fourth-order valence-corrected chi connectivity index (χ4v) is 3.07. The number of likely N-dealkylation sites (tertiary alicyclic amines) is 1. The van der Waals surface area contributed by atoms with Crippen LogP contribution in [0.4, 0.5) is 10.1 Å². The van der Waals surface area contributed by atoms with Crippen LogP contribution in [0.5, 0.6) is 0 Å². The molecule has 0 aliphatic carbocycles. The number of carbonyl (C=O) groups excluding carboxylic acids is 2. The van der Waals surface area contributed by atoms with E-state index in [4.69, 9.17) is 11.6 Å². The highest BCUT2D eigenvalue weighted by atomic mass is 35.5. The molecule has 0 unspecified atom stereocenters. The summed E-state index contributed by atoms with van der Waals surface area (Å²) in [5.74, 6) is -1.11. The van der Waals surface area contributed by atoms with Gasteiger partial charge < -0.3 is 15.5 Å². The minimum Gasteiger partial charge on any atom is -0.362 e. The van der Waals surface area contributed by atoms with Crippen LogP contribution in [0.1, 0.15) is 23.2 Å². The molecule has 7 heteroatoms. The normalized spacial score (nSPS) is 19.7. The van der Waals surface area contributed by atoms with Crippen LogP contribution in [0, 0.1) is 5.82 Å². The van der Waals surface area contributed by atoms with E-state index in [2.05, 4.69) is 10.6 Å². The van der Waals surface area contributed by atoms with Gasteiger partial charge in [-0.05, 0) is 12.1 Å². The average Bonchev–Trinajstić information content (AvgIpc) is 2.47. The number of hydrogen-bond donors (Lipinski definition) is 2. The van der Waals surface area contributed by atoms with E-state index in [0.29, 0.717) is 31.6 Å². The highest BCUT2D eigenvalue weighted by Gasteiger charge is 2.41. The van der Waals surface area contributed by atoms with Crippen molar-refractivity contribution in [3.05, 3.63) is 29.6 Å². The summed E-state index contributed by atoms with van der Waals surface area (Å²) in [5, 5.41) is 6.06. The van der Waals surface area contributed by atoms with E-state index in [-0.39, 0.29) is 17.4 Å². The standard InChI is InChI=1S/C14H15ClFN3O2/c15-8-11(20)19-6-4-14(5-7-19)17-10-3-1-2-9(16)12(10)13(21)18-14/h1-3,17H,4-8H2,(H,18,21). The summed E-state index contributed by atoms with van der Waals surface area (Å²) in [5.41, 5.74) is -0.0840. The minimum atomic E-state index is -0.624. The summed E-state index contributed by atoms with van der Waals surface area (Å²) in [6, 6.07) is 4.52. The molecule has 5 nitrogen and oxygen atoms in total. The molecule has 2 amide bonds. The molecule has 2 aliphatic heterocycles. The lowest BCUT2D eigenvalue weighted by molar-refractivity contribution is -0.129. The smallest absolute Gasteiger partial charge is 0.258 e. The molecule has 2 aliphatic rings. The molecule has 3 rings (SSSR count). The molecule has 1 spiro atoms. The fraction of sp³-hybridized carbons (Fsp3) is 0.429. The second-order valence-electron chi connectivity index (χ2n) is 5.34. The Morgan fingerprint density at radius 2 is 2.05 bits per heavy atom. The third kappa shape index (κ3) is 2.44. The number of halogens is 2. The molecule has 1 fully saturated rings. The first-order valence-electron chi connectivity index (χ1n) is 6.78. The summed E-state index contributed by atoms with van der Waals surface area (Å²) < 4.78 is 13.7. The van der Waals surface area contributed by atoms with Gasteiger partial charge in [0.1, 0.15) is 17.4 Å². The molecule has 0 atom stereocenters. The van der Waals surface area contributed by atoms with Crippen molar-refractivity contribution in [2.45, 2.75) is 18.5 Å². The van der Waals surface area contributed by atoms with E-state index in [9.17, 15) is 14.0 Å². The number of nitrogens with zero attached hydrogens (tertiary/aromatic N) is 1. The number of benzene rings is 1. The number of anilines is 1. The Bertz CT molecular complexity index is 600. The third-order valence-corrected chi connectivity index (χ3v) is 4.28. The van der Waals surface area contributed by atoms with Crippen molar-refractivity contribution in [1.29, 1.82) is 0 Å². The van der Waals surface area contributed by atoms with E-state index in [1.54, 1.807) is 17.0 Å². The topological polar surface area (TPSA) is 61.4 Å². The first kappa shape index (κ1) is 14.1. The molecule has 0 bridgehead atoms. The monoisotopic (exact) mass is 311 g/mol. The highest BCUT2D eigenvalue weighted by Crippen LogP contribution is 2.32. The molecule has 2 heterocycles. The number of fused-ring (bicyclic) bond motifs is 1. The van der Waals surface area contributed by atoms with Gasteiger partial charge in [0.2, 0.25) is 5.91 Å². The average molecular weight is 312 g/mol. The van der Waals surface area contributed by atoms with Crippen LogP contribution in [0.15, 0.2) is 18.2 Å². The molecule has 0 saturated carbocycles. The first-order valence-corrected chi connectivity index (χ1v) is 7.31. The highest BCUT2D eigenvalue weighted by molar-refractivity contribution is 6.27. The van der Waals surface area contributed by atoms with Gasteiger partial charge in [0.25, 0.3) is 5.91 Å². The van der Waals surface area contributed by atoms with Gasteiger partial charge in [0, 0.05) is 25.9 Å². The Morgan fingerprint density at radius 1 is 1.33 bits per heavy atom. The number of amides is 2. The molecule has 1 aromatic rings. The van der Waals surface area contributed by atoms with Gasteiger partial charge >= 0.3 is 0 Å². The fourth-order valence-electron chi connectivity index (χ4n) is 2.90. The maximum atomic E-state index is 13.7. The summed E-state index contributed by atoms with van der Waals surface area (Å²) >= 11 is 5.55. The second kappa shape index (κ2) is 5.18. The molecule has 1 saturated heterocycles. The number of alkyl halides is 1. The van der Waals surface area contributed by atoms with Crippen LogP contribution in [-0.4, -0.2) is 41.3 Å². The van der Waals surface area contributed by atoms with Crippen LogP contribution in [0.3, 0.4) is 0 Å². The molecular formula is C14H15ClFN3O2. The summed E-state index contributed by atoms with van der Waals surface area (Å²) in [7, 11) is 0. The number of nitrogens with one attached hydrogen (secondary N) is 2. The zero-order valence-electron chi connectivity index (χ0n) is 11.3. The van der Waals surface area contributed by atoms with E-state index >= 15 is 0 Å². The maximum Gasteiger partial charge on any atom is 0.258 e. The molecule has 21 heavy (non-hydrogen) atoms. The van der Waals surface area contributed by atoms with Gasteiger partial charge in [-0.25, -0.2) is 4.39 Å². The zero-order chi connectivity index (χ0) is 15.0. The largest absolute Gasteiger partial charge is 0.362 e. The van der Waals surface area contributed by atoms with Crippen LogP contribution in [0.2, 0.25) is 0 Å². The lowest BCUT2D eigenvalue weighted by atomic mass is 9.92. The van der Waals surface area contributed by atoms with Crippen molar-refractivity contribution in [2.24, 2.45) is 0 Å². The zero-order valence-corrected chi connectivity index (χ0v) is 12.0. The van der Waals surface area contributed by atoms with Crippen molar-refractivity contribution in [1.82, 2.24) is 10.2 Å². The number of piperidine rings is 1. The predicted octanol–water partition coefficient (Wildman–Crippen LogP) is 1.54. The van der Waals surface area contributed by atoms with E-state index in [0.717, 1.165) is 0 Å². The molecule has 0 aromatic heterocycles. The van der Waals surface area contributed by atoms with Crippen LogP contribution < -0.4 is 10.6 Å². The Morgan fingerprint density at radius 3 is 2.71 bits per heavy atom. The van der Waals surface area contributed by atoms with Crippen molar-refractivity contribution < 1.29 is 14.0 Å². The van der Waals surface area contributed by atoms with E-state index < -0.39 is 17.4 Å². The van der Waals surface area contributed by atoms with Crippen LogP contribution in [-0.2, 0) is 4.79 Å². The maximum absolute atomic E-state index is 13.7. The first-order chi connectivity index (χ1) is 10.0. The van der Waals surface area contributed by atoms with Crippen molar-refractivity contribution >= 4 is 29.1 Å². The quantitative estimate of drug-likeness (QED) is 0.773. The Balaban J connectivity index is 1.81. The van der Waals surface area contributed by atoms with Gasteiger partial charge in [-0.15, -0.1) is 11.6 Å². The van der Waals surface area contributed by atoms with Gasteiger partial charge in [0.05, 0.1) is 11.3 Å². The predicted molar refractivity (Wildman–Crippen MR) is 76.8 cm³/mol. The Labute approximate surface area is 126 Å².